The number of amides is 1. The van der Waals surface area contributed by atoms with Crippen LogP contribution in [0.1, 0.15) is 0 Å². The van der Waals surface area contributed by atoms with Gasteiger partial charge in [-0.25, -0.2) is 5.10 Å². The van der Waals surface area contributed by atoms with Gasteiger partial charge < -0.3 is 0 Å². The van der Waals surface area contributed by atoms with Gasteiger partial charge in [-0.15, -0.1) is 5.10 Å². The molecule has 1 heterocycles. The summed E-state index contributed by atoms with van der Waals surface area (Å²) in [5, 5.41) is 9.70. The topological polar surface area (TPSA) is 70.7 Å². The average molecular weight is 218 g/mol. The number of anilines is 1. The van der Waals surface area contributed by atoms with E-state index < -0.39 is 0 Å². The number of H-pyrrole nitrogens is 1. The first kappa shape index (κ1) is 10.4. The number of nitrogens with zero attached hydrogens (tertiary/aromatic N) is 2. The summed E-state index contributed by atoms with van der Waals surface area (Å²) in [6.07, 6.45) is 3.74. The van der Waals surface area contributed by atoms with Crippen LogP contribution in [0.15, 0.2) is 5.16 Å². The smallest absolute Gasteiger partial charge is 0.236 e. The minimum atomic E-state index is -0.0729. The van der Waals surface area contributed by atoms with E-state index in [4.69, 9.17) is 0 Å². The molecule has 0 radical (unpaired) electrons. The molecule has 0 saturated heterocycles. The molecule has 1 aromatic heterocycles. The molecule has 13 heavy (non-hydrogen) atoms. The summed E-state index contributed by atoms with van der Waals surface area (Å²) >= 11 is 2.88. The summed E-state index contributed by atoms with van der Waals surface area (Å²) in [6.45, 7) is 0. The number of rotatable bonds is 4. The van der Waals surface area contributed by atoms with Crippen molar-refractivity contribution in [2.24, 2.45) is 0 Å². The van der Waals surface area contributed by atoms with Crippen LogP contribution in [0.4, 0.5) is 5.95 Å². The molecule has 2 N–H and O–H groups in total. The lowest BCUT2D eigenvalue weighted by Gasteiger charge is -1.96. The Morgan fingerprint density at radius 2 is 2.38 bits per heavy atom. The van der Waals surface area contributed by atoms with E-state index >= 15 is 0 Å². The van der Waals surface area contributed by atoms with Crippen LogP contribution in [0.2, 0.25) is 0 Å². The molecule has 1 amide bonds. The first-order valence-corrected chi connectivity index (χ1v) is 6.13. The molecule has 0 atom stereocenters. The van der Waals surface area contributed by atoms with Gasteiger partial charge in [0, 0.05) is 0 Å². The lowest BCUT2D eigenvalue weighted by Crippen LogP contribution is -2.14. The Kier molecular flexibility index (Phi) is 4.10. The van der Waals surface area contributed by atoms with Gasteiger partial charge in [-0.05, 0) is 12.5 Å². The zero-order valence-corrected chi connectivity index (χ0v) is 8.96. The van der Waals surface area contributed by atoms with Crippen LogP contribution in [0, 0.1) is 0 Å². The predicted molar refractivity (Wildman–Crippen MR) is 55.2 cm³/mol. The van der Waals surface area contributed by atoms with Crippen molar-refractivity contribution in [3.63, 3.8) is 0 Å². The van der Waals surface area contributed by atoms with Crippen LogP contribution in [0.5, 0.6) is 0 Å². The van der Waals surface area contributed by atoms with E-state index in [2.05, 4.69) is 20.5 Å². The van der Waals surface area contributed by atoms with Crippen LogP contribution in [-0.2, 0) is 4.79 Å². The van der Waals surface area contributed by atoms with Gasteiger partial charge in [-0.2, -0.15) is 16.7 Å². The van der Waals surface area contributed by atoms with E-state index in [0.29, 0.717) is 16.9 Å². The minimum absolute atomic E-state index is 0.0729. The number of aromatic nitrogens is 3. The normalized spacial score (nSPS) is 10.0. The van der Waals surface area contributed by atoms with Gasteiger partial charge in [-0.3, -0.25) is 10.1 Å². The summed E-state index contributed by atoms with van der Waals surface area (Å²) in [6, 6.07) is 0. The summed E-state index contributed by atoms with van der Waals surface area (Å²) in [4.78, 5) is 15.1. The number of hydrogen-bond donors (Lipinski definition) is 2. The second-order valence-corrected chi connectivity index (χ2v) is 3.79. The van der Waals surface area contributed by atoms with Crippen molar-refractivity contribution in [2.75, 3.05) is 23.6 Å². The standard InChI is InChI=1S/C6H10N4OS2/c1-12-3-4(11)7-5-8-6(13-2)10-9-5/h3H2,1-2H3,(H2,7,8,9,10,11). The fourth-order valence-electron chi connectivity index (χ4n) is 0.693. The van der Waals surface area contributed by atoms with Gasteiger partial charge in [0.2, 0.25) is 17.0 Å². The van der Waals surface area contributed by atoms with Crippen molar-refractivity contribution >= 4 is 35.4 Å². The second-order valence-electron chi connectivity index (χ2n) is 2.15. The highest BCUT2D eigenvalue weighted by molar-refractivity contribution is 7.99. The molecule has 72 valence electrons. The Hall–Kier alpha value is -0.690. The maximum Gasteiger partial charge on any atom is 0.236 e. The Morgan fingerprint density at radius 1 is 1.62 bits per heavy atom. The summed E-state index contributed by atoms with van der Waals surface area (Å²) in [5.41, 5.74) is 0. The fraction of sp³-hybridized carbons (Fsp3) is 0.500. The van der Waals surface area contributed by atoms with Gasteiger partial charge in [0.05, 0.1) is 5.75 Å². The molecule has 0 fully saturated rings. The van der Waals surface area contributed by atoms with Crippen molar-refractivity contribution in [3.8, 4) is 0 Å². The maximum atomic E-state index is 11.1. The van der Waals surface area contributed by atoms with Crippen LogP contribution in [0.3, 0.4) is 0 Å². The molecular weight excluding hydrogens is 208 g/mol. The molecular formula is C6H10N4OS2. The van der Waals surface area contributed by atoms with Crippen molar-refractivity contribution in [1.29, 1.82) is 0 Å². The first-order chi connectivity index (χ1) is 6.26. The van der Waals surface area contributed by atoms with E-state index in [1.54, 1.807) is 0 Å². The number of aromatic amines is 1. The van der Waals surface area contributed by atoms with Crippen LogP contribution in [0.25, 0.3) is 0 Å². The third-order valence-corrected chi connectivity index (χ3v) is 2.28. The van der Waals surface area contributed by atoms with Gasteiger partial charge in [0.1, 0.15) is 0 Å². The number of carbonyl (C=O) groups is 1. The quantitative estimate of drug-likeness (QED) is 0.732. The monoisotopic (exact) mass is 218 g/mol. The lowest BCUT2D eigenvalue weighted by atomic mass is 10.7. The molecule has 0 saturated carbocycles. The molecule has 1 rings (SSSR count). The highest BCUT2D eigenvalue weighted by Gasteiger charge is 2.05. The third-order valence-electron chi connectivity index (χ3n) is 1.18. The lowest BCUT2D eigenvalue weighted by molar-refractivity contribution is -0.113. The summed E-state index contributed by atoms with van der Waals surface area (Å²) in [7, 11) is 0. The van der Waals surface area contributed by atoms with Crippen LogP contribution < -0.4 is 5.32 Å². The van der Waals surface area contributed by atoms with Gasteiger partial charge in [0.15, 0.2) is 0 Å². The van der Waals surface area contributed by atoms with Gasteiger partial charge in [0.25, 0.3) is 0 Å². The van der Waals surface area contributed by atoms with Crippen molar-refractivity contribution in [2.45, 2.75) is 5.16 Å². The molecule has 0 aliphatic carbocycles. The van der Waals surface area contributed by atoms with E-state index in [9.17, 15) is 4.79 Å². The highest BCUT2D eigenvalue weighted by atomic mass is 32.2. The summed E-state index contributed by atoms with van der Waals surface area (Å²) in [5.74, 6) is 0.759. The van der Waals surface area contributed by atoms with E-state index in [1.807, 2.05) is 12.5 Å². The Balaban J connectivity index is 2.49. The van der Waals surface area contributed by atoms with Crippen molar-refractivity contribution in [1.82, 2.24) is 15.2 Å². The SMILES string of the molecule is CSCC(=O)Nc1nc(SC)n[nH]1. The van der Waals surface area contributed by atoms with E-state index in [1.165, 1.54) is 23.5 Å². The molecule has 0 bridgehead atoms. The highest BCUT2D eigenvalue weighted by Crippen LogP contribution is 2.09. The number of nitrogens with one attached hydrogen (secondary N) is 2. The average Bonchev–Trinajstić information content (AvgIpc) is 2.52. The molecule has 1 aromatic rings. The second kappa shape index (κ2) is 5.13. The molecule has 0 aliphatic rings. The predicted octanol–water partition coefficient (Wildman–Crippen LogP) is 0.828. The Bertz CT molecular complexity index is 288. The Morgan fingerprint density at radius 3 is 2.92 bits per heavy atom. The molecule has 5 nitrogen and oxygen atoms in total. The van der Waals surface area contributed by atoms with Crippen molar-refractivity contribution in [3.05, 3.63) is 0 Å². The minimum Gasteiger partial charge on any atom is -0.294 e. The van der Waals surface area contributed by atoms with Crippen molar-refractivity contribution < 1.29 is 4.79 Å². The zero-order chi connectivity index (χ0) is 9.68. The van der Waals surface area contributed by atoms with E-state index in [-0.39, 0.29) is 5.91 Å². The molecule has 0 spiro atoms. The summed E-state index contributed by atoms with van der Waals surface area (Å²) < 4.78 is 0. The Labute approximate surface area is 84.5 Å². The number of carbonyl (C=O) groups excluding carboxylic acids is 1. The van der Waals surface area contributed by atoms with E-state index in [0.717, 1.165) is 0 Å². The molecule has 7 heteroatoms. The molecule has 0 aromatic carbocycles. The van der Waals surface area contributed by atoms with Gasteiger partial charge >= 0.3 is 0 Å². The zero-order valence-electron chi connectivity index (χ0n) is 7.33. The number of thioether (sulfide) groups is 2. The third kappa shape index (κ3) is 3.27. The molecule has 0 aliphatic heterocycles. The molecule has 0 unspecified atom stereocenters. The van der Waals surface area contributed by atoms with Crippen LogP contribution >= 0.6 is 23.5 Å². The fourth-order valence-corrected chi connectivity index (χ4v) is 1.35. The maximum absolute atomic E-state index is 11.1. The van der Waals surface area contributed by atoms with Gasteiger partial charge in [-0.1, -0.05) is 11.8 Å². The largest absolute Gasteiger partial charge is 0.294 e. The van der Waals surface area contributed by atoms with Crippen LogP contribution in [-0.4, -0.2) is 39.4 Å². The first-order valence-electron chi connectivity index (χ1n) is 3.51. The number of hydrogen-bond acceptors (Lipinski definition) is 5.